The Balaban J connectivity index is 2.96. The summed E-state index contributed by atoms with van der Waals surface area (Å²) in [5.74, 6) is 0.466. The number of nitrogens with two attached hydrogens (primary N) is 1. The van der Waals surface area contributed by atoms with Gasteiger partial charge in [0.1, 0.15) is 0 Å². The van der Waals surface area contributed by atoms with Gasteiger partial charge in [0.15, 0.2) is 10.6 Å². The highest BCUT2D eigenvalue weighted by atomic mass is 32.1. The van der Waals surface area contributed by atoms with E-state index in [1.54, 1.807) is 0 Å². The average molecular weight is 166 g/mol. The Bertz CT molecular complexity index is 394. The molecule has 0 aromatic carbocycles. The lowest BCUT2D eigenvalue weighted by atomic mass is 10.3. The number of anilines is 1. The molecule has 0 saturated carbocycles. The van der Waals surface area contributed by atoms with Gasteiger partial charge in [0.2, 0.25) is 0 Å². The SMILES string of the molecule is Cc1csc2nnnc(N)c12. The molecule has 2 rings (SSSR count). The normalized spacial score (nSPS) is 10.6. The zero-order valence-corrected chi connectivity index (χ0v) is 6.72. The molecule has 0 amide bonds. The Hall–Kier alpha value is -1.23. The smallest absolute Gasteiger partial charge is 0.158 e. The van der Waals surface area contributed by atoms with Gasteiger partial charge in [0, 0.05) is 0 Å². The van der Waals surface area contributed by atoms with Gasteiger partial charge in [0.05, 0.1) is 5.39 Å². The molecule has 4 nitrogen and oxygen atoms in total. The number of nitrogen functional groups attached to an aromatic ring is 1. The Morgan fingerprint density at radius 1 is 1.45 bits per heavy atom. The summed E-state index contributed by atoms with van der Waals surface area (Å²) in [5, 5.41) is 13.9. The van der Waals surface area contributed by atoms with Gasteiger partial charge in [-0.1, -0.05) is 0 Å². The van der Waals surface area contributed by atoms with Crippen LogP contribution in [0.4, 0.5) is 5.82 Å². The summed E-state index contributed by atoms with van der Waals surface area (Å²) in [4.78, 5) is 0.856. The molecule has 2 aromatic heterocycles. The summed E-state index contributed by atoms with van der Waals surface area (Å²) >= 11 is 1.53. The summed E-state index contributed by atoms with van der Waals surface area (Å²) in [6.45, 7) is 1.98. The Morgan fingerprint density at radius 2 is 2.27 bits per heavy atom. The van der Waals surface area contributed by atoms with Crippen molar-refractivity contribution in [3.63, 3.8) is 0 Å². The first kappa shape index (κ1) is 6.48. The zero-order valence-electron chi connectivity index (χ0n) is 5.90. The predicted octanol–water partition coefficient (Wildman–Crippen LogP) is 0.977. The van der Waals surface area contributed by atoms with Gasteiger partial charge in [-0.2, -0.15) is 0 Å². The van der Waals surface area contributed by atoms with Crippen LogP contribution in [-0.2, 0) is 0 Å². The number of aryl methyl sites for hydroxylation is 1. The first-order valence-corrected chi connectivity index (χ1v) is 3.99. The van der Waals surface area contributed by atoms with Crippen LogP contribution in [0.3, 0.4) is 0 Å². The Labute approximate surface area is 67.1 Å². The maximum absolute atomic E-state index is 5.59. The number of hydrogen-bond acceptors (Lipinski definition) is 5. The van der Waals surface area contributed by atoms with Crippen LogP contribution in [0.1, 0.15) is 5.56 Å². The molecule has 2 aromatic rings. The number of thiophene rings is 1. The molecule has 5 heteroatoms. The van der Waals surface area contributed by atoms with Crippen LogP contribution in [0.5, 0.6) is 0 Å². The molecule has 0 spiro atoms. The average Bonchev–Trinajstić information content (AvgIpc) is 2.34. The Kier molecular flexibility index (Phi) is 1.25. The Morgan fingerprint density at radius 3 is 3.00 bits per heavy atom. The van der Waals surface area contributed by atoms with E-state index < -0.39 is 0 Å². The van der Waals surface area contributed by atoms with Gasteiger partial charge in [0.25, 0.3) is 0 Å². The van der Waals surface area contributed by atoms with Crippen LogP contribution in [0.15, 0.2) is 5.38 Å². The molecule has 0 radical (unpaired) electrons. The van der Waals surface area contributed by atoms with Crippen molar-refractivity contribution in [2.45, 2.75) is 6.92 Å². The molecule has 0 saturated heterocycles. The van der Waals surface area contributed by atoms with E-state index in [1.807, 2.05) is 12.3 Å². The van der Waals surface area contributed by atoms with Gasteiger partial charge in [-0.25, -0.2) is 0 Å². The fourth-order valence-electron chi connectivity index (χ4n) is 0.977. The standard InChI is InChI=1S/C6H6N4S/c1-3-2-11-6-4(3)5(7)8-10-9-6/h2H,1H3,(H2,7,8,9). The molecule has 11 heavy (non-hydrogen) atoms. The van der Waals surface area contributed by atoms with E-state index in [0.717, 1.165) is 15.8 Å². The van der Waals surface area contributed by atoms with Gasteiger partial charge >= 0.3 is 0 Å². The van der Waals surface area contributed by atoms with Gasteiger partial charge in [-0.05, 0) is 23.1 Å². The minimum absolute atomic E-state index is 0.466. The molecule has 0 aliphatic rings. The molecule has 0 fully saturated rings. The molecule has 2 heterocycles. The van der Waals surface area contributed by atoms with Crippen molar-refractivity contribution in [2.24, 2.45) is 0 Å². The molecule has 0 bridgehead atoms. The highest BCUT2D eigenvalue weighted by Crippen LogP contribution is 2.25. The van der Waals surface area contributed by atoms with Crippen molar-refractivity contribution in [3.8, 4) is 0 Å². The molecule has 2 N–H and O–H groups in total. The maximum Gasteiger partial charge on any atom is 0.158 e. The summed E-state index contributed by atoms with van der Waals surface area (Å²) < 4.78 is 0. The van der Waals surface area contributed by atoms with E-state index in [2.05, 4.69) is 15.4 Å². The lowest BCUT2D eigenvalue weighted by Gasteiger charge is -1.91. The van der Waals surface area contributed by atoms with Crippen LogP contribution in [0, 0.1) is 6.92 Å². The zero-order chi connectivity index (χ0) is 7.84. The van der Waals surface area contributed by atoms with Crippen LogP contribution in [0.25, 0.3) is 10.2 Å². The molecular weight excluding hydrogens is 160 g/mol. The first-order valence-electron chi connectivity index (χ1n) is 3.11. The summed E-state index contributed by atoms with van der Waals surface area (Å²) in [7, 11) is 0. The van der Waals surface area contributed by atoms with Crippen LogP contribution >= 0.6 is 11.3 Å². The van der Waals surface area contributed by atoms with Crippen LogP contribution in [0.2, 0.25) is 0 Å². The van der Waals surface area contributed by atoms with E-state index in [0.29, 0.717) is 5.82 Å². The topological polar surface area (TPSA) is 64.7 Å². The minimum atomic E-state index is 0.466. The van der Waals surface area contributed by atoms with E-state index in [1.165, 1.54) is 11.3 Å². The van der Waals surface area contributed by atoms with Crippen molar-refractivity contribution in [2.75, 3.05) is 5.73 Å². The number of hydrogen-bond donors (Lipinski definition) is 1. The minimum Gasteiger partial charge on any atom is -0.382 e. The monoisotopic (exact) mass is 166 g/mol. The van der Waals surface area contributed by atoms with Gasteiger partial charge < -0.3 is 5.73 Å². The lowest BCUT2D eigenvalue weighted by molar-refractivity contribution is 0.907. The van der Waals surface area contributed by atoms with Crippen molar-refractivity contribution < 1.29 is 0 Å². The number of fused-ring (bicyclic) bond motifs is 1. The van der Waals surface area contributed by atoms with Crippen molar-refractivity contribution >= 4 is 27.4 Å². The van der Waals surface area contributed by atoms with Gasteiger partial charge in [-0.3, -0.25) is 0 Å². The lowest BCUT2D eigenvalue weighted by Crippen LogP contribution is -1.95. The second-order valence-corrected chi connectivity index (χ2v) is 3.13. The van der Waals surface area contributed by atoms with Crippen molar-refractivity contribution in [1.82, 2.24) is 15.4 Å². The molecular formula is C6H6N4S. The highest BCUT2D eigenvalue weighted by molar-refractivity contribution is 7.17. The van der Waals surface area contributed by atoms with Crippen molar-refractivity contribution in [3.05, 3.63) is 10.9 Å². The summed E-state index contributed by atoms with van der Waals surface area (Å²) in [6, 6.07) is 0. The number of rotatable bonds is 0. The largest absolute Gasteiger partial charge is 0.382 e. The fraction of sp³-hybridized carbons (Fsp3) is 0.167. The van der Waals surface area contributed by atoms with Crippen molar-refractivity contribution in [1.29, 1.82) is 0 Å². The quantitative estimate of drug-likeness (QED) is 0.633. The third kappa shape index (κ3) is 0.848. The number of nitrogens with zero attached hydrogens (tertiary/aromatic N) is 3. The van der Waals surface area contributed by atoms with E-state index in [4.69, 9.17) is 5.73 Å². The second-order valence-electron chi connectivity index (χ2n) is 2.27. The van der Waals surface area contributed by atoms with E-state index in [-0.39, 0.29) is 0 Å². The summed E-state index contributed by atoms with van der Waals surface area (Å²) in [5.41, 5.74) is 6.71. The van der Waals surface area contributed by atoms with Crippen LogP contribution in [-0.4, -0.2) is 15.4 Å². The molecule has 56 valence electrons. The number of aromatic nitrogens is 3. The second kappa shape index (κ2) is 2.13. The third-order valence-electron chi connectivity index (χ3n) is 1.50. The van der Waals surface area contributed by atoms with E-state index >= 15 is 0 Å². The van der Waals surface area contributed by atoms with Gasteiger partial charge in [-0.15, -0.1) is 21.5 Å². The summed E-state index contributed by atoms with van der Waals surface area (Å²) in [6.07, 6.45) is 0. The highest BCUT2D eigenvalue weighted by Gasteiger charge is 2.05. The maximum atomic E-state index is 5.59. The fourth-order valence-corrected chi connectivity index (χ4v) is 1.85. The third-order valence-corrected chi connectivity index (χ3v) is 2.48. The molecule has 0 aliphatic carbocycles. The van der Waals surface area contributed by atoms with Crippen LogP contribution < -0.4 is 5.73 Å². The molecule has 0 unspecified atom stereocenters. The van der Waals surface area contributed by atoms with E-state index in [9.17, 15) is 0 Å². The predicted molar refractivity (Wildman–Crippen MR) is 44.4 cm³/mol. The molecule has 0 atom stereocenters. The first-order chi connectivity index (χ1) is 5.29. The molecule has 0 aliphatic heterocycles.